The third-order valence-corrected chi connectivity index (χ3v) is 8.50. The van der Waals surface area contributed by atoms with Crippen molar-refractivity contribution >= 4 is 38.9 Å². The molecule has 0 amide bonds. The maximum atomic E-state index is 13.0. The van der Waals surface area contributed by atoms with Crippen LogP contribution in [0.1, 0.15) is 69.5 Å². The second kappa shape index (κ2) is 11.0. The molecule has 3 heterocycles. The van der Waals surface area contributed by atoms with Crippen LogP contribution in [0, 0.1) is 6.92 Å². The second-order valence-electron chi connectivity index (χ2n) is 11.5. The van der Waals surface area contributed by atoms with Crippen LogP contribution in [0.4, 0.5) is 0 Å². The number of benzene rings is 2. The average Bonchev–Trinajstić information content (AvgIpc) is 3.31. The number of rotatable bonds is 6. The summed E-state index contributed by atoms with van der Waals surface area (Å²) in [6.07, 6.45) is 3.26. The zero-order valence-corrected chi connectivity index (χ0v) is 25.0. The summed E-state index contributed by atoms with van der Waals surface area (Å²) < 4.78 is 7.36. The van der Waals surface area contributed by atoms with Crippen molar-refractivity contribution in [3.63, 3.8) is 0 Å². The Kier molecular flexibility index (Phi) is 7.89. The first-order valence-electron chi connectivity index (χ1n) is 13.4. The summed E-state index contributed by atoms with van der Waals surface area (Å²) in [5.41, 5.74) is 4.96. The second-order valence-corrected chi connectivity index (χ2v) is 12.9. The Morgan fingerprint density at radius 3 is 2.46 bits per heavy atom. The molecule has 1 atom stereocenters. The molecule has 0 spiro atoms. The molecule has 4 aromatic rings. The van der Waals surface area contributed by atoms with E-state index in [1.807, 2.05) is 64.2 Å². The van der Waals surface area contributed by atoms with Crippen molar-refractivity contribution in [2.75, 3.05) is 20.1 Å². The fourth-order valence-corrected chi connectivity index (χ4v) is 6.44. The van der Waals surface area contributed by atoms with E-state index in [2.05, 4.69) is 23.0 Å². The number of hydrogen-bond donors (Lipinski definition) is 0. The van der Waals surface area contributed by atoms with E-state index < -0.39 is 11.7 Å². The molecule has 0 N–H and O–H groups in total. The number of carbonyl (C=O) groups is 1. The highest BCUT2D eigenvalue weighted by Gasteiger charge is 2.30. The van der Waals surface area contributed by atoms with Crippen molar-refractivity contribution in [1.82, 2.24) is 19.9 Å². The largest absolute Gasteiger partial charge is 0.360 e. The van der Waals surface area contributed by atoms with E-state index >= 15 is 0 Å². The Morgan fingerprint density at radius 2 is 1.82 bits per heavy atom. The summed E-state index contributed by atoms with van der Waals surface area (Å²) in [5.74, 6) is 1.22. The molecular formula is C31H35ClN4O2S. The Bertz CT molecular complexity index is 1500. The number of thiazole rings is 1. The number of likely N-dealkylation sites (tertiary alicyclic amines) is 1. The smallest absolute Gasteiger partial charge is 0.163 e. The van der Waals surface area contributed by atoms with E-state index in [-0.39, 0.29) is 5.78 Å². The van der Waals surface area contributed by atoms with Gasteiger partial charge in [0.15, 0.2) is 5.78 Å². The number of nitrogens with zero attached hydrogens (tertiary/aromatic N) is 4. The summed E-state index contributed by atoms with van der Waals surface area (Å²) in [5, 5.41) is 1.50. The van der Waals surface area contributed by atoms with Gasteiger partial charge in [0.2, 0.25) is 0 Å². The predicted molar refractivity (Wildman–Crippen MR) is 160 cm³/mol. The SMILES string of the molecule is CC(=O)[C@@H](OC(C)(C)C)c1c(C)cc2nc(-c3ccnc(C4CCN(C)CC4)n3)sc2c1-c1ccc(Cl)cc1. The van der Waals surface area contributed by atoms with Crippen LogP contribution in [0.15, 0.2) is 42.6 Å². The van der Waals surface area contributed by atoms with Gasteiger partial charge in [-0.05, 0) is 103 Å². The van der Waals surface area contributed by atoms with Crippen LogP contribution in [0.5, 0.6) is 0 Å². The number of hydrogen-bond acceptors (Lipinski definition) is 7. The topological polar surface area (TPSA) is 68.2 Å². The van der Waals surface area contributed by atoms with Crippen LogP contribution in [0.2, 0.25) is 5.02 Å². The van der Waals surface area contributed by atoms with Crippen molar-refractivity contribution in [2.45, 2.75) is 65.1 Å². The van der Waals surface area contributed by atoms with Gasteiger partial charge in [0, 0.05) is 28.3 Å². The summed E-state index contributed by atoms with van der Waals surface area (Å²) in [6, 6.07) is 11.7. The van der Waals surface area contributed by atoms with Gasteiger partial charge in [0.05, 0.1) is 15.8 Å². The molecule has 1 aliphatic heterocycles. The highest BCUT2D eigenvalue weighted by atomic mass is 35.5. The number of ketones is 1. The first-order valence-corrected chi connectivity index (χ1v) is 14.6. The molecule has 0 aliphatic carbocycles. The summed E-state index contributed by atoms with van der Waals surface area (Å²) in [6.45, 7) is 11.6. The molecule has 2 aromatic heterocycles. The molecule has 2 aromatic carbocycles. The Labute approximate surface area is 239 Å². The molecule has 0 bridgehead atoms. The molecule has 0 radical (unpaired) electrons. The van der Waals surface area contributed by atoms with E-state index in [9.17, 15) is 4.79 Å². The van der Waals surface area contributed by atoms with Gasteiger partial charge in [-0.2, -0.15) is 0 Å². The van der Waals surface area contributed by atoms with Gasteiger partial charge in [-0.15, -0.1) is 11.3 Å². The molecule has 1 saturated heterocycles. The molecule has 0 unspecified atom stereocenters. The molecule has 1 aliphatic rings. The molecule has 39 heavy (non-hydrogen) atoms. The predicted octanol–water partition coefficient (Wildman–Crippen LogP) is 7.64. The minimum atomic E-state index is -0.708. The first-order chi connectivity index (χ1) is 18.5. The Balaban J connectivity index is 1.67. The van der Waals surface area contributed by atoms with Crippen LogP contribution < -0.4 is 0 Å². The molecule has 6 nitrogen and oxygen atoms in total. The third kappa shape index (κ3) is 6.07. The van der Waals surface area contributed by atoms with E-state index in [0.29, 0.717) is 10.9 Å². The molecule has 5 rings (SSSR count). The van der Waals surface area contributed by atoms with Gasteiger partial charge in [-0.25, -0.2) is 15.0 Å². The number of aryl methyl sites for hydroxylation is 1. The standard InChI is InChI=1S/C31H35ClN4O2S/c1-18-17-24-28(39-30(35-24)23-11-14-33-29(34-23)21-12-15-36(6)16-13-21)26(20-7-9-22(32)10-8-20)25(18)27(19(2)37)38-31(3,4)5/h7-11,14,17,21,27H,12-13,15-16H2,1-6H3/t27-/m1/s1. The van der Waals surface area contributed by atoms with Crippen LogP contribution in [0.25, 0.3) is 32.0 Å². The number of fused-ring (bicyclic) bond motifs is 1. The van der Waals surface area contributed by atoms with Gasteiger partial charge < -0.3 is 9.64 Å². The fourth-order valence-electron chi connectivity index (χ4n) is 5.22. The summed E-state index contributed by atoms with van der Waals surface area (Å²) in [7, 11) is 2.16. The first kappa shape index (κ1) is 27.8. The highest BCUT2D eigenvalue weighted by molar-refractivity contribution is 7.22. The number of piperidine rings is 1. The molecule has 8 heteroatoms. The lowest BCUT2D eigenvalue weighted by Gasteiger charge is -2.29. The zero-order chi connectivity index (χ0) is 27.9. The van der Waals surface area contributed by atoms with Crippen LogP contribution >= 0.6 is 22.9 Å². The van der Waals surface area contributed by atoms with Crippen LogP contribution in [0.3, 0.4) is 0 Å². The number of aromatic nitrogens is 3. The molecule has 0 saturated carbocycles. The van der Waals surface area contributed by atoms with Crippen molar-refractivity contribution in [2.24, 2.45) is 0 Å². The maximum Gasteiger partial charge on any atom is 0.163 e. The third-order valence-electron chi connectivity index (χ3n) is 7.14. The summed E-state index contributed by atoms with van der Waals surface area (Å²) in [4.78, 5) is 30.0. The lowest BCUT2D eigenvalue weighted by Crippen LogP contribution is -2.29. The fraction of sp³-hybridized carbons (Fsp3) is 0.419. The average molecular weight is 563 g/mol. The number of ether oxygens (including phenoxy) is 1. The van der Waals surface area contributed by atoms with Crippen molar-refractivity contribution in [1.29, 1.82) is 0 Å². The van der Waals surface area contributed by atoms with Crippen molar-refractivity contribution in [3.8, 4) is 21.8 Å². The maximum absolute atomic E-state index is 13.0. The van der Waals surface area contributed by atoms with Crippen LogP contribution in [-0.2, 0) is 9.53 Å². The monoisotopic (exact) mass is 562 g/mol. The number of carbonyl (C=O) groups excluding carboxylic acids is 1. The number of halogens is 1. The highest BCUT2D eigenvalue weighted by Crippen LogP contribution is 2.44. The van der Waals surface area contributed by atoms with Gasteiger partial charge in [0.25, 0.3) is 0 Å². The minimum absolute atomic E-state index is 0.0362. The van der Waals surface area contributed by atoms with Gasteiger partial charge >= 0.3 is 0 Å². The molecule has 1 fully saturated rings. The van der Waals surface area contributed by atoms with Crippen molar-refractivity contribution in [3.05, 3.63) is 64.6 Å². The minimum Gasteiger partial charge on any atom is -0.360 e. The van der Waals surface area contributed by atoms with E-state index in [0.717, 1.165) is 74.9 Å². The van der Waals surface area contributed by atoms with Gasteiger partial charge in [-0.1, -0.05) is 23.7 Å². The van der Waals surface area contributed by atoms with E-state index in [1.165, 1.54) is 0 Å². The van der Waals surface area contributed by atoms with E-state index in [1.54, 1.807) is 18.3 Å². The van der Waals surface area contributed by atoms with Gasteiger partial charge in [0.1, 0.15) is 22.6 Å². The Morgan fingerprint density at radius 1 is 1.13 bits per heavy atom. The molecule has 204 valence electrons. The Hall–Kier alpha value is -2.71. The normalized spacial score (nSPS) is 16.1. The van der Waals surface area contributed by atoms with Crippen molar-refractivity contribution < 1.29 is 9.53 Å². The molecular weight excluding hydrogens is 528 g/mol. The lowest BCUT2D eigenvalue weighted by molar-refractivity contribution is -0.138. The van der Waals surface area contributed by atoms with Gasteiger partial charge in [-0.3, -0.25) is 4.79 Å². The zero-order valence-electron chi connectivity index (χ0n) is 23.4. The lowest BCUT2D eigenvalue weighted by atomic mass is 9.90. The van der Waals surface area contributed by atoms with E-state index in [4.69, 9.17) is 26.3 Å². The van der Waals surface area contributed by atoms with Crippen LogP contribution in [-0.4, -0.2) is 51.4 Å². The summed E-state index contributed by atoms with van der Waals surface area (Å²) >= 11 is 7.85. The number of Topliss-reactive ketones (excluding diaryl/α,β-unsaturated/α-hetero) is 1. The quantitative estimate of drug-likeness (QED) is 0.240.